The topological polar surface area (TPSA) is 30.2 Å². The Balaban J connectivity index is 1.06. The lowest BCUT2D eigenvalue weighted by molar-refractivity contribution is -0.697. The van der Waals surface area contributed by atoms with E-state index in [2.05, 4.69) is 60.3 Å². The van der Waals surface area contributed by atoms with E-state index in [-0.39, 0.29) is 5.41 Å². The molecule has 176 valence electrons. The zero-order valence-electron chi connectivity index (χ0n) is 20.3. The molecule has 3 aliphatic rings. The molecule has 0 saturated heterocycles. The van der Waals surface area contributed by atoms with Crippen LogP contribution >= 0.6 is 0 Å². The number of benzene rings is 1. The number of hydrogen-bond donors (Lipinski definition) is 0. The second-order valence-electron chi connectivity index (χ2n) is 10.9. The SMILES string of the molecule is C[C@]12CCC3c4ccc(OCCCCCCC[n+]5ccccc5)cc4CCC3C1CCC2=O. The van der Waals surface area contributed by atoms with E-state index in [1.54, 1.807) is 5.56 Å². The predicted octanol–water partition coefficient (Wildman–Crippen LogP) is 6.43. The molecule has 2 aromatic rings. The number of carbonyl (C=O) groups is 1. The number of aryl methyl sites for hydroxylation is 2. The van der Waals surface area contributed by atoms with Crippen LogP contribution in [0.5, 0.6) is 5.75 Å². The molecule has 3 heteroatoms. The van der Waals surface area contributed by atoms with E-state index < -0.39 is 0 Å². The van der Waals surface area contributed by atoms with Crippen LogP contribution in [0.3, 0.4) is 0 Å². The van der Waals surface area contributed by atoms with Gasteiger partial charge in [-0.15, -0.1) is 0 Å². The fraction of sp³-hybridized carbons (Fsp3) is 0.600. The van der Waals surface area contributed by atoms with E-state index in [4.69, 9.17) is 4.74 Å². The molecule has 4 atom stereocenters. The second-order valence-corrected chi connectivity index (χ2v) is 10.9. The number of Topliss-reactive ketones (excluding diaryl/α,β-unsaturated/α-hetero) is 1. The number of ketones is 1. The Morgan fingerprint density at radius 2 is 1.79 bits per heavy atom. The molecular weight excluding hydrogens is 406 g/mol. The molecule has 3 nitrogen and oxygen atoms in total. The van der Waals surface area contributed by atoms with Gasteiger partial charge in [-0.05, 0) is 86.0 Å². The summed E-state index contributed by atoms with van der Waals surface area (Å²) in [6, 6.07) is 13.1. The first-order chi connectivity index (χ1) is 16.1. The van der Waals surface area contributed by atoms with Crippen molar-refractivity contribution in [1.29, 1.82) is 0 Å². The number of nitrogens with zero attached hydrogens (tertiary/aromatic N) is 1. The van der Waals surface area contributed by atoms with Crippen LogP contribution in [0.4, 0.5) is 0 Å². The molecule has 0 bridgehead atoms. The third-order valence-electron chi connectivity index (χ3n) is 9.01. The Labute approximate surface area is 199 Å². The molecule has 1 heterocycles. The number of aromatic nitrogens is 1. The van der Waals surface area contributed by atoms with Gasteiger partial charge in [0.05, 0.1) is 6.61 Å². The fourth-order valence-corrected chi connectivity index (χ4v) is 7.12. The molecular formula is C30H40NO2+. The highest BCUT2D eigenvalue weighted by Crippen LogP contribution is 2.59. The Bertz CT molecular complexity index is 955. The standard InChI is InChI=1S/C30H40NO2/c1-30-17-16-26-25-13-11-24(22-23(25)10-12-27(26)28(30)14-15-29(30)32)33-21-9-4-2-3-6-18-31-19-7-5-8-20-31/h5,7-8,11,13,19-20,22,26-28H,2-4,6,9-10,12,14-18,21H2,1H3/q+1/t26?,27?,28?,30-/m0/s1. The minimum Gasteiger partial charge on any atom is -0.494 e. The van der Waals surface area contributed by atoms with Gasteiger partial charge in [0, 0.05) is 30.4 Å². The van der Waals surface area contributed by atoms with Gasteiger partial charge in [0.2, 0.25) is 0 Å². The minimum absolute atomic E-state index is 0.0257. The highest BCUT2D eigenvalue weighted by Gasteiger charge is 2.54. The smallest absolute Gasteiger partial charge is 0.168 e. The van der Waals surface area contributed by atoms with Gasteiger partial charge >= 0.3 is 0 Å². The van der Waals surface area contributed by atoms with E-state index in [1.165, 1.54) is 44.1 Å². The van der Waals surface area contributed by atoms with Crippen molar-refractivity contribution < 1.29 is 14.1 Å². The molecule has 5 rings (SSSR count). The van der Waals surface area contributed by atoms with Gasteiger partial charge in [0.15, 0.2) is 12.4 Å². The van der Waals surface area contributed by atoms with Crippen molar-refractivity contribution >= 4 is 5.78 Å². The maximum atomic E-state index is 12.5. The zero-order valence-corrected chi connectivity index (χ0v) is 20.3. The van der Waals surface area contributed by atoms with Gasteiger partial charge in [0.25, 0.3) is 0 Å². The monoisotopic (exact) mass is 446 g/mol. The Kier molecular flexibility index (Phi) is 6.85. The molecule has 0 N–H and O–H groups in total. The number of carbonyl (C=O) groups excluding carboxylic acids is 1. The molecule has 0 aliphatic heterocycles. The first-order valence-electron chi connectivity index (χ1n) is 13.4. The minimum atomic E-state index is -0.0257. The summed E-state index contributed by atoms with van der Waals surface area (Å²) in [6.45, 7) is 4.20. The Hall–Kier alpha value is -2.16. The van der Waals surface area contributed by atoms with Crippen LogP contribution in [0, 0.1) is 17.3 Å². The number of rotatable bonds is 9. The van der Waals surface area contributed by atoms with Crippen LogP contribution in [0.2, 0.25) is 0 Å². The summed E-state index contributed by atoms with van der Waals surface area (Å²) >= 11 is 0. The summed E-state index contributed by atoms with van der Waals surface area (Å²) in [4.78, 5) is 12.5. The van der Waals surface area contributed by atoms with E-state index in [1.807, 2.05) is 0 Å². The van der Waals surface area contributed by atoms with Gasteiger partial charge in [-0.3, -0.25) is 4.79 Å². The van der Waals surface area contributed by atoms with Gasteiger partial charge in [-0.2, -0.15) is 0 Å². The van der Waals surface area contributed by atoms with E-state index >= 15 is 0 Å². The van der Waals surface area contributed by atoms with Crippen molar-refractivity contribution in [3.8, 4) is 5.75 Å². The highest BCUT2D eigenvalue weighted by molar-refractivity contribution is 5.87. The average molecular weight is 447 g/mol. The van der Waals surface area contributed by atoms with Crippen molar-refractivity contribution in [2.75, 3.05) is 6.61 Å². The predicted molar refractivity (Wildman–Crippen MR) is 131 cm³/mol. The summed E-state index contributed by atoms with van der Waals surface area (Å²) < 4.78 is 8.40. The molecule has 0 spiro atoms. The van der Waals surface area contributed by atoms with E-state index in [9.17, 15) is 4.79 Å². The van der Waals surface area contributed by atoms with Crippen LogP contribution in [-0.2, 0) is 17.8 Å². The van der Waals surface area contributed by atoms with E-state index in [0.717, 1.165) is 51.0 Å². The Morgan fingerprint density at radius 3 is 2.67 bits per heavy atom. The van der Waals surface area contributed by atoms with Gasteiger partial charge in [-0.1, -0.05) is 31.9 Å². The number of hydrogen-bond acceptors (Lipinski definition) is 2. The van der Waals surface area contributed by atoms with Gasteiger partial charge < -0.3 is 4.74 Å². The molecule has 2 fully saturated rings. The quantitative estimate of drug-likeness (QED) is 0.328. The normalized spacial score (nSPS) is 28.2. The molecule has 1 aromatic carbocycles. The molecule has 0 radical (unpaired) electrons. The van der Waals surface area contributed by atoms with Crippen LogP contribution in [0.1, 0.15) is 88.2 Å². The summed E-state index contributed by atoms with van der Waals surface area (Å²) in [7, 11) is 0. The molecule has 3 aliphatic carbocycles. The zero-order chi connectivity index (χ0) is 22.7. The third kappa shape index (κ3) is 4.74. The molecule has 1 aromatic heterocycles. The number of pyridine rings is 1. The average Bonchev–Trinajstić information content (AvgIpc) is 3.15. The van der Waals surface area contributed by atoms with Crippen LogP contribution in [-0.4, -0.2) is 12.4 Å². The first kappa shape index (κ1) is 22.6. The summed E-state index contributed by atoms with van der Waals surface area (Å²) in [5.74, 6) is 3.55. The van der Waals surface area contributed by atoms with E-state index in [0.29, 0.717) is 23.5 Å². The molecule has 2 saturated carbocycles. The largest absolute Gasteiger partial charge is 0.494 e. The number of ether oxygens (including phenoxy) is 1. The lowest BCUT2D eigenvalue weighted by atomic mass is 9.55. The maximum absolute atomic E-state index is 12.5. The van der Waals surface area contributed by atoms with Crippen molar-refractivity contribution in [3.05, 3.63) is 59.9 Å². The van der Waals surface area contributed by atoms with Gasteiger partial charge in [0.1, 0.15) is 18.1 Å². The number of fused-ring (bicyclic) bond motifs is 5. The summed E-state index contributed by atoms with van der Waals surface area (Å²) in [5.41, 5.74) is 3.03. The highest BCUT2D eigenvalue weighted by atomic mass is 16.5. The van der Waals surface area contributed by atoms with Crippen molar-refractivity contribution in [2.45, 2.75) is 90.0 Å². The second kappa shape index (κ2) is 9.99. The number of unbranched alkanes of at least 4 members (excludes halogenated alkanes) is 4. The molecule has 3 unspecified atom stereocenters. The summed E-state index contributed by atoms with van der Waals surface area (Å²) in [6.07, 6.45) is 17.1. The van der Waals surface area contributed by atoms with Crippen LogP contribution < -0.4 is 9.30 Å². The van der Waals surface area contributed by atoms with Crippen molar-refractivity contribution in [2.24, 2.45) is 17.3 Å². The van der Waals surface area contributed by atoms with Gasteiger partial charge in [-0.25, -0.2) is 4.57 Å². The van der Waals surface area contributed by atoms with Crippen molar-refractivity contribution in [3.63, 3.8) is 0 Å². The first-order valence-corrected chi connectivity index (χ1v) is 13.4. The van der Waals surface area contributed by atoms with Crippen molar-refractivity contribution in [1.82, 2.24) is 0 Å². The Morgan fingerprint density at radius 1 is 0.970 bits per heavy atom. The summed E-state index contributed by atoms with van der Waals surface area (Å²) in [5, 5.41) is 0. The molecule has 33 heavy (non-hydrogen) atoms. The lowest BCUT2D eigenvalue weighted by Gasteiger charge is -2.48. The lowest BCUT2D eigenvalue weighted by Crippen LogP contribution is -2.42. The van der Waals surface area contributed by atoms with Crippen LogP contribution in [0.25, 0.3) is 0 Å². The maximum Gasteiger partial charge on any atom is 0.168 e. The molecule has 0 amide bonds. The third-order valence-corrected chi connectivity index (χ3v) is 9.01. The van der Waals surface area contributed by atoms with Crippen LogP contribution in [0.15, 0.2) is 48.8 Å². The fourth-order valence-electron chi connectivity index (χ4n) is 7.12.